The average Bonchev–Trinajstić information content (AvgIpc) is 3.44. The molecular weight excluding hydrogens is 534 g/mol. The normalized spacial score (nSPS) is 20.1. The van der Waals surface area contributed by atoms with Crippen LogP contribution in [0, 0.1) is 23.7 Å². The van der Waals surface area contributed by atoms with E-state index in [1.165, 1.54) is 0 Å². The number of hydrogen-bond acceptors (Lipinski definition) is 7. The summed E-state index contributed by atoms with van der Waals surface area (Å²) >= 11 is 6.64. The SMILES string of the molecule is COCCCc1ncc2c(Cl)cc(C(O)C(CC(NC(=O)OC(C)(C)C)C3CC(C(C)C)C(=O)O3)C(C)C)cn12. The number of rotatable bonds is 12. The molecule has 3 heterocycles. The van der Waals surface area contributed by atoms with Gasteiger partial charge in [0.25, 0.3) is 0 Å². The van der Waals surface area contributed by atoms with Crippen molar-refractivity contribution in [3.05, 3.63) is 34.9 Å². The molecular formula is C30H46ClN3O6. The van der Waals surface area contributed by atoms with Gasteiger partial charge >= 0.3 is 12.1 Å². The number of nitrogens with one attached hydrogen (secondary N) is 1. The number of methoxy groups -OCH3 is 1. The van der Waals surface area contributed by atoms with Crippen LogP contribution in [-0.4, -0.2) is 58.0 Å². The first-order chi connectivity index (χ1) is 18.7. The lowest BCUT2D eigenvalue weighted by Gasteiger charge is -2.33. The van der Waals surface area contributed by atoms with E-state index < -0.39 is 29.9 Å². The number of aryl methyl sites for hydroxylation is 1. The minimum Gasteiger partial charge on any atom is -0.460 e. The molecule has 2 aromatic rings. The molecule has 1 amide bonds. The van der Waals surface area contributed by atoms with E-state index in [1.807, 2.05) is 38.3 Å². The maximum atomic E-state index is 12.8. The smallest absolute Gasteiger partial charge is 0.408 e. The third kappa shape index (κ3) is 8.10. The molecule has 2 N–H and O–H groups in total. The standard InChI is InChI=1S/C30H46ClN3O6/c1-17(2)20(27(35)19-12-22(31)24-15-32-26(34(24)16-19)10-9-11-38-8)13-23(33-29(37)40-30(5,6)7)25-14-21(18(3)4)28(36)39-25/h12,15-18,20-21,23,25,27,35H,9-11,13-14H2,1-8H3,(H,33,37). The highest BCUT2D eigenvalue weighted by molar-refractivity contribution is 6.33. The Bertz CT molecular complexity index is 1160. The predicted octanol–water partition coefficient (Wildman–Crippen LogP) is 5.74. The van der Waals surface area contributed by atoms with E-state index >= 15 is 0 Å². The Hall–Kier alpha value is -2.36. The van der Waals surface area contributed by atoms with Crippen molar-refractivity contribution < 1.29 is 28.9 Å². The van der Waals surface area contributed by atoms with Crippen molar-refractivity contribution in [1.29, 1.82) is 0 Å². The van der Waals surface area contributed by atoms with Gasteiger partial charge in [-0.1, -0.05) is 39.3 Å². The Morgan fingerprint density at radius 3 is 2.58 bits per heavy atom. The summed E-state index contributed by atoms with van der Waals surface area (Å²) in [5.74, 6) is 0.213. The summed E-state index contributed by atoms with van der Waals surface area (Å²) in [4.78, 5) is 30.0. The fourth-order valence-electron chi connectivity index (χ4n) is 5.34. The average molecular weight is 580 g/mol. The molecule has 10 heteroatoms. The van der Waals surface area contributed by atoms with Crippen LogP contribution in [0.3, 0.4) is 0 Å². The van der Waals surface area contributed by atoms with Crippen LogP contribution in [0.1, 0.15) is 85.2 Å². The zero-order chi connectivity index (χ0) is 29.8. The number of carbonyl (C=O) groups excluding carboxylic acids is 2. The molecule has 224 valence electrons. The molecule has 0 aromatic carbocycles. The van der Waals surface area contributed by atoms with E-state index in [2.05, 4.69) is 10.3 Å². The van der Waals surface area contributed by atoms with Gasteiger partial charge in [0.05, 0.1) is 34.8 Å². The molecule has 0 bridgehead atoms. The molecule has 5 atom stereocenters. The van der Waals surface area contributed by atoms with Crippen molar-refractivity contribution >= 4 is 29.2 Å². The van der Waals surface area contributed by atoms with E-state index in [0.717, 1.165) is 17.8 Å². The zero-order valence-electron chi connectivity index (χ0n) is 25.1. The van der Waals surface area contributed by atoms with E-state index in [0.29, 0.717) is 36.5 Å². The van der Waals surface area contributed by atoms with Crippen molar-refractivity contribution in [3.8, 4) is 0 Å². The first-order valence-electron chi connectivity index (χ1n) is 14.2. The van der Waals surface area contributed by atoms with Gasteiger partial charge in [-0.05, 0) is 69.4 Å². The molecule has 3 rings (SSSR count). The van der Waals surface area contributed by atoms with E-state index in [4.69, 9.17) is 25.8 Å². The highest BCUT2D eigenvalue weighted by atomic mass is 35.5. The maximum absolute atomic E-state index is 12.8. The summed E-state index contributed by atoms with van der Waals surface area (Å²) in [6, 6.07) is 1.24. The number of alkyl carbamates (subject to hydrolysis) is 1. The third-order valence-electron chi connectivity index (χ3n) is 7.58. The molecule has 1 fully saturated rings. The van der Waals surface area contributed by atoms with Crippen molar-refractivity contribution in [2.45, 2.75) is 98.0 Å². The van der Waals surface area contributed by atoms with Crippen LogP contribution in [0.15, 0.2) is 18.5 Å². The monoisotopic (exact) mass is 579 g/mol. The van der Waals surface area contributed by atoms with Gasteiger partial charge in [0.1, 0.15) is 17.5 Å². The molecule has 2 aromatic heterocycles. The van der Waals surface area contributed by atoms with Gasteiger partial charge in [0.15, 0.2) is 0 Å². The molecule has 40 heavy (non-hydrogen) atoms. The molecule has 0 aliphatic carbocycles. The first kappa shape index (κ1) is 32.2. The number of aliphatic hydroxyl groups is 1. The second-order valence-corrected chi connectivity index (χ2v) is 13.0. The Morgan fingerprint density at radius 2 is 2.00 bits per heavy atom. The zero-order valence-corrected chi connectivity index (χ0v) is 25.8. The Morgan fingerprint density at radius 1 is 1.30 bits per heavy atom. The van der Waals surface area contributed by atoms with Crippen LogP contribution in [0.25, 0.3) is 5.52 Å². The van der Waals surface area contributed by atoms with E-state index in [-0.39, 0.29) is 29.6 Å². The van der Waals surface area contributed by atoms with Crippen LogP contribution < -0.4 is 5.32 Å². The minimum atomic E-state index is -0.892. The molecule has 1 aliphatic heterocycles. The van der Waals surface area contributed by atoms with Gasteiger partial charge in [-0.25, -0.2) is 9.78 Å². The number of ether oxygens (including phenoxy) is 3. The lowest BCUT2D eigenvalue weighted by molar-refractivity contribution is -0.146. The Labute approximate surface area is 242 Å². The Kier molecular flexibility index (Phi) is 10.9. The number of hydrogen-bond donors (Lipinski definition) is 2. The highest BCUT2D eigenvalue weighted by Crippen LogP contribution is 2.37. The number of carbonyl (C=O) groups is 2. The number of halogens is 1. The van der Waals surface area contributed by atoms with Gasteiger partial charge in [-0.3, -0.25) is 4.79 Å². The lowest BCUT2D eigenvalue weighted by atomic mass is 9.80. The quantitative estimate of drug-likeness (QED) is 0.243. The largest absolute Gasteiger partial charge is 0.460 e. The van der Waals surface area contributed by atoms with Gasteiger partial charge in [-0.2, -0.15) is 0 Å². The van der Waals surface area contributed by atoms with Gasteiger partial charge < -0.3 is 29.0 Å². The third-order valence-corrected chi connectivity index (χ3v) is 7.88. The van der Waals surface area contributed by atoms with E-state index in [9.17, 15) is 14.7 Å². The molecule has 1 saturated heterocycles. The second-order valence-electron chi connectivity index (χ2n) is 12.6. The van der Waals surface area contributed by atoms with Crippen LogP contribution in [0.4, 0.5) is 4.79 Å². The van der Waals surface area contributed by atoms with Crippen molar-refractivity contribution in [2.24, 2.45) is 23.7 Å². The second kappa shape index (κ2) is 13.5. The number of aromatic nitrogens is 2. The van der Waals surface area contributed by atoms with E-state index in [1.54, 1.807) is 40.1 Å². The van der Waals surface area contributed by atoms with Crippen molar-refractivity contribution in [1.82, 2.24) is 14.7 Å². The van der Waals surface area contributed by atoms with Crippen LogP contribution in [-0.2, 0) is 25.4 Å². The molecule has 0 saturated carbocycles. The number of esters is 1. The summed E-state index contributed by atoms with van der Waals surface area (Å²) in [7, 11) is 1.67. The number of imidazole rings is 1. The van der Waals surface area contributed by atoms with Gasteiger partial charge in [0, 0.05) is 26.3 Å². The van der Waals surface area contributed by atoms with Crippen LogP contribution >= 0.6 is 11.6 Å². The fourth-order valence-corrected chi connectivity index (χ4v) is 5.60. The summed E-state index contributed by atoms with van der Waals surface area (Å²) < 4.78 is 18.4. The van der Waals surface area contributed by atoms with Crippen molar-refractivity contribution in [3.63, 3.8) is 0 Å². The molecule has 0 spiro atoms. The number of nitrogens with zero attached hydrogens (tertiary/aromatic N) is 2. The first-order valence-corrected chi connectivity index (χ1v) is 14.6. The molecule has 1 aliphatic rings. The minimum absolute atomic E-state index is 0.0365. The summed E-state index contributed by atoms with van der Waals surface area (Å²) in [6.07, 6.45) is 4.02. The maximum Gasteiger partial charge on any atom is 0.408 e. The highest BCUT2D eigenvalue weighted by Gasteiger charge is 2.43. The number of amides is 1. The molecule has 5 unspecified atom stereocenters. The number of cyclic esters (lactones) is 1. The van der Waals surface area contributed by atoms with Gasteiger partial charge in [0.2, 0.25) is 0 Å². The number of fused-ring (bicyclic) bond motifs is 1. The topological polar surface area (TPSA) is 111 Å². The summed E-state index contributed by atoms with van der Waals surface area (Å²) in [6.45, 7) is 14.1. The fraction of sp³-hybridized carbons (Fsp3) is 0.700. The molecule has 0 radical (unpaired) electrons. The summed E-state index contributed by atoms with van der Waals surface area (Å²) in [5.41, 5.74) is 0.742. The Balaban J connectivity index is 1.90. The molecule has 9 nitrogen and oxygen atoms in total. The lowest BCUT2D eigenvalue weighted by Crippen LogP contribution is -2.47. The number of aliphatic hydroxyl groups excluding tert-OH is 1. The predicted molar refractivity (Wildman–Crippen MR) is 154 cm³/mol. The van der Waals surface area contributed by atoms with Crippen LogP contribution in [0.5, 0.6) is 0 Å². The van der Waals surface area contributed by atoms with Crippen molar-refractivity contribution in [2.75, 3.05) is 13.7 Å². The summed E-state index contributed by atoms with van der Waals surface area (Å²) in [5, 5.41) is 15.2. The van der Waals surface area contributed by atoms with Gasteiger partial charge in [-0.15, -0.1) is 0 Å². The number of pyridine rings is 1. The van der Waals surface area contributed by atoms with Crippen LogP contribution in [0.2, 0.25) is 5.02 Å².